The van der Waals surface area contributed by atoms with Crippen LogP contribution in [0.5, 0.6) is 11.5 Å². The highest BCUT2D eigenvalue weighted by Crippen LogP contribution is 2.69. The van der Waals surface area contributed by atoms with Crippen LogP contribution in [-0.4, -0.2) is 50.8 Å². The number of aromatic nitrogens is 2. The molecule has 0 aliphatic carbocycles. The van der Waals surface area contributed by atoms with Crippen molar-refractivity contribution in [3.05, 3.63) is 104 Å². The standard InChI is InChI=1S/C43H61N2O18P3.2H3N/c1-4-6-8-10-11-12-13-14-15-17-40(46)60-36-22-18-34(19-23-36)30-57-66(54,58-31-35-20-24-37(25-21-35)61-43(49)55-28-16-9-7-5-2)63-65(52,53)62-64(50,51)56-32-38-26-27-39(59-38)45-29-33(3)41(47)44-42(45)48;;/h18-27,29,38-39H,4-17,28,30-32H2,1-3H3,(H,50,51)(H,52,53)(H,44,47,48);2*1H3/t38-,39+,66?;;/m0../s1. The van der Waals surface area contributed by atoms with E-state index in [4.69, 9.17) is 36.8 Å². The molecule has 1 aliphatic rings. The number of aryl methyl sites for hydroxylation is 1. The van der Waals surface area contributed by atoms with Crippen molar-refractivity contribution >= 4 is 35.6 Å². The molecule has 25 heteroatoms. The van der Waals surface area contributed by atoms with Crippen LogP contribution in [0.4, 0.5) is 4.79 Å². The number of aromatic amines is 1. The molecule has 2 aromatic carbocycles. The Morgan fingerprint density at radius 3 is 1.79 bits per heavy atom. The fourth-order valence-corrected chi connectivity index (χ4v) is 10.3. The number of phosphoric ester groups is 2. The smallest absolute Gasteiger partial charge is 0.434 e. The van der Waals surface area contributed by atoms with E-state index in [2.05, 4.69) is 23.1 Å². The zero-order valence-electron chi connectivity index (χ0n) is 38.9. The lowest BCUT2D eigenvalue weighted by Gasteiger charge is -2.22. The van der Waals surface area contributed by atoms with Crippen molar-refractivity contribution in [2.75, 3.05) is 13.2 Å². The molecule has 2 heterocycles. The summed E-state index contributed by atoms with van der Waals surface area (Å²) in [6.07, 6.45) is 14.9. The summed E-state index contributed by atoms with van der Waals surface area (Å²) in [7, 11) is -16.5. The summed E-state index contributed by atoms with van der Waals surface area (Å²) in [5.41, 5.74) is -0.532. The van der Waals surface area contributed by atoms with Gasteiger partial charge in [0, 0.05) is 18.2 Å². The van der Waals surface area contributed by atoms with E-state index in [1.165, 1.54) is 106 Å². The normalized spacial score (nSPS) is 16.9. The number of unbranched alkanes of at least 4 members (excludes halogenated alkanes) is 11. The van der Waals surface area contributed by atoms with Gasteiger partial charge in [-0.15, -0.1) is 0 Å². The molecule has 22 nitrogen and oxygen atoms in total. The molecule has 3 unspecified atom stereocenters. The van der Waals surface area contributed by atoms with Gasteiger partial charge >= 0.3 is 41.3 Å². The number of ether oxygens (including phenoxy) is 4. The van der Waals surface area contributed by atoms with Gasteiger partial charge in [0.05, 0.1) is 26.4 Å². The van der Waals surface area contributed by atoms with Crippen LogP contribution in [0.25, 0.3) is 0 Å². The minimum atomic E-state index is -5.82. The summed E-state index contributed by atoms with van der Waals surface area (Å²) in [4.78, 5) is 71.6. The zero-order chi connectivity index (χ0) is 48.0. The van der Waals surface area contributed by atoms with Crippen LogP contribution >= 0.6 is 23.5 Å². The van der Waals surface area contributed by atoms with Gasteiger partial charge in [-0.25, -0.2) is 23.3 Å². The summed E-state index contributed by atoms with van der Waals surface area (Å²) in [6.45, 7) is 4.04. The predicted octanol–water partition coefficient (Wildman–Crippen LogP) is 10.3. The molecule has 382 valence electrons. The van der Waals surface area contributed by atoms with Crippen LogP contribution in [0.3, 0.4) is 0 Å². The Balaban J connectivity index is 0.00000793. The van der Waals surface area contributed by atoms with Gasteiger partial charge in [0.1, 0.15) is 17.6 Å². The SMILES string of the molecule is CCCCCCCCCCCC(=O)Oc1ccc(COP(=O)(OCc2ccc(OC(=O)OCCCCCC)cc2)OP(=O)(O)OP(=O)(O)OC[C@@H]2C=C[C@H](n3cc(C)c(=O)[nH]c3=O)O2)cc1.N.N. The number of rotatable bonds is 31. The number of esters is 1. The van der Waals surface area contributed by atoms with E-state index in [1.807, 2.05) is 0 Å². The Morgan fingerprint density at radius 2 is 1.22 bits per heavy atom. The fraction of sp³-hybridized carbons (Fsp3) is 0.535. The van der Waals surface area contributed by atoms with E-state index >= 15 is 0 Å². The first-order chi connectivity index (χ1) is 31.5. The summed E-state index contributed by atoms with van der Waals surface area (Å²) in [6, 6.07) is 11.5. The summed E-state index contributed by atoms with van der Waals surface area (Å²) < 4.78 is 87.1. The van der Waals surface area contributed by atoms with Crippen molar-refractivity contribution in [1.29, 1.82) is 0 Å². The fourth-order valence-electron chi connectivity index (χ4n) is 6.25. The topological polar surface area (TPSA) is 334 Å². The van der Waals surface area contributed by atoms with Crippen molar-refractivity contribution in [3.63, 3.8) is 0 Å². The minimum Gasteiger partial charge on any atom is -0.434 e. The first kappa shape index (κ1) is 60.0. The Morgan fingerprint density at radius 1 is 0.691 bits per heavy atom. The van der Waals surface area contributed by atoms with Gasteiger partial charge in [-0.1, -0.05) is 115 Å². The average molecular weight is 1020 g/mol. The summed E-state index contributed by atoms with van der Waals surface area (Å²) in [5, 5.41) is 0. The largest absolute Gasteiger partial charge is 0.513 e. The molecule has 3 aromatic rings. The maximum atomic E-state index is 14.0. The van der Waals surface area contributed by atoms with Crippen molar-refractivity contribution in [2.45, 2.75) is 136 Å². The van der Waals surface area contributed by atoms with Crippen LogP contribution < -0.4 is 33.0 Å². The number of carbonyl (C=O) groups is 2. The molecular formula is C43H67N4O18P3. The molecule has 1 aliphatic heterocycles. The van der Waals surface area contributed by atoms with E-state index in [-0.39, 0.29) is 42.4 Å². The van der Waals surface area contributed by atoms with Gasteiger partial charge in [0.2, 0.25) is 0 Å². The average Bonchev–Trinajstić information content (AvgIpc) is 3.74. The lowest BCUT2D eigenvalue weighted by Crippen LogP contribution is -2.33. The number of hydrogen-bond acceptors (Lipinski definition) is 18. The van der Waals surface area contributed by atoms with Crippen LogP contribution in [0.1, 0.15) is 127 Å². The van der Waals surface area contributed by atoms with Crippen molar-refractivity contribution in [1.82, 2.24) is 21.9 Å². The molecule has 0 bridgehead atoms. The molecule has 4 rings (SSSR count). The molecule has 0 spiro atoms. The minimum absolute atomic E-state index is 0. The van der Waals surface area contributed by atoms with Gasteiger partial charge in [-0.2, -0.15) is 8.62 Å². The predicted molar refractivity (Wildman–Crippen MR) is 251 cm³/mol. The molecule has 68 heavy (non-hydrogen) atoms. The van der Waals surface area contributed by atoms with Gasteiger partial charge in [0.25, 0.3) is 5.56 Å². The summed E-state index contributed by atoms with van der Waals surface area (Å²) >= 11 is 0. The van der Waals surface area contributed by atoms with Crippen molar-refractivity contribution in [2.24, 2.45) is 0 Å². The van der Waals surface area contributed by atoms with Gasteiger partial charge in [0.15, 0.2) is 6.23 Å². The van der Waals surface area contributed by atoms with Gasteiger partial charge in [-0.05, 0) is 61.2 Å². The van der Waals surface area contributed by atoms with E-state index in [0.29, 0.717) is 24.0 Å². The lowest BCUT2D eigenvalue weighted by molar-refractivity contribution is -0.134. The number of phosphoric acid groups is 3. The zero-order valence-corrected chi connectivity index (χ0v) is 41.5. The second-order valence-electron chi connectivity index (χ2n) is 15.4. The van der Waals surface area contributed by atoms with Crippen LogP contribution in [0.15, 0.2) is 76.5 Å². The Hall–Kier alpha value is -4.11. The Labute approximate surface area is 396 Å². The number of nitrogens with zero attached hydrogens (tertiary/aromatic N) is 1. The van der Waals surface area contributed by atoms with Crippen molar-refractivity contribution < 1.29 is 74.2 Å². The molecule has 0 radical (unpaired) electrons. The van der Waals surface area contributed by atoms with Crippen molar-refractivity contribution in [3.8, 4) is 11.5 Å². The van der Waals surface area contributed by atoms with Crippen LogP contribution in [0, 0.1) is 6.92 Å². The second-order valence-corrected chi connectivity index (χ2v) is 20.3. The highest BCUT2D eigenvalue weighted by molar-refractivity contribution is 7.67. The molecule has 0 amide bonds. The number of hydrogen-bond donors (Lipinski definition) is 5. The maximum Gasteiger partial charge on any atom is 0.513 e. The Kier molecular flexibility index (Phi) is 26.9. The summed E-state index contributed by atoms with van der Waals surface area (Å²) in [5.74, 6) is -0.0417. The van der Waals surface area contributed by atoms with E-state index < -0.39 is 79.0 Å². The third kappa shape index (κ3) is 22.5. The number of carbonyl (C=O) groups excluding carboxylic acids is 2. The van der Waals surface area contributed by atoms with Gasteiger partial charge in [-0.3, -0.25) is 32.7 Å². The van der Waals surface area contributed by atoms with Crippen LogP contribution in [-0.2, 0) is 63.4 Å². The first-order valence-corrected chi connectivity index (χ1v) is 26.4. The second kappa shape index (κ2) is 30.5. The quantitative estimate of drug-likeness (QED) is 0.00998. The lowest BCUT2D eigenvalue weighted by atomic mass is 10.1. The number of nitrogens with one attached hydrogen (secondary N) is 1. The van der Waals surface area contributed by atoms with E-state index in [9.17, 15) is 42.7 Å². The molecule has 0 fully saturated rings. The molecule has 0 saturated carbocycles. The van der Waals surface area contributed by atoms with Crippen LogP contribution in [0.2, 0.25) is 0 Å². The highest BCUT2D eigenvalue weighted by atomic mass is 31.3. The third-order valence-electron chi connectivity index (χ3n) is 9.80. The first-order valence-electron chi connectivity index (χ1n) is 22.0. The number of benzene rings is 2. The molecule has 0 saturated heterocycles. The number of H-pyrrole nitrogens is 1. The van der Waals surface area contributed by atoms with E-state index in [1.54, 1.807) is 0 Å². The Bertz CT molecular complexity index is 2290. The maximum absolute atomic E-state index is 14.0. The van der Waals surface area contributed by atoms with E-state index in [0.717, 1.165) is 43.1 Å². The highest BCUT2D eigenvalue weighted by Gasteiger charge is 2.44. The van der Waals surface area contributed by atoms with Gasteiger partial charge < -0.3 is 41.0 Å². The monoisotopic (exact) mass is 1020 g/mol. The third-order valence-corrected chi connectivity index (χ3v) is 14.4. The molecular weight excluding hydrogens is 953 g/mol. The molecule has 5 atom stereocenters. The molecule has 9 N–H and O–H groups in total. The molecule has 1 aromatic heterocycles.